The lowest BCUT2D eigenvalue weighted by molar-refractivity contribution is -0.145. The maximum Gasteiger partial charge on any atom is 0.306 e. The number of anilines is 2. The third-order valence-electron chi connectivity index (χ3n) is 8.63. The smallest absolute Gasteiger partial charge is 0.306 e. The van der Waals surface area contributed by atoms with Gasteiger partial charge in [0.25, 0.3) is 0 Å². The number of pyridine rings is 3. The van der Waals surface area contributed by atoms with Crippen LogP contribution in [0.1, 0.15) is 36.8 Å². The van der Waals surface area contributed by atoms with E-state index in [2.05, 4.69) is 31.2 Å². The Labute approximate surface area is 286 Å². The van der Waals surface area contributed by atoms with Crippen LogP contribution in [0.3, 0.4) is 0 Å². The van der Waals surface area contributed by atoms with E-state index in [1.165, 1.54) is 6.20 Å². The molecule has 0 bridgehead atoms. The van der Waals surface area contributed by atoms with Crippen molar-refractivity contribution in [2.24, 2.45) is 5.92 Å². The molecule has 48 heavy (non-hydrogen) atoms. The van der Waals surface area contributed by atoms with Crippen molar-refractivity contribution >= 4 is 46.6 Å². The van der Waals surface area contributed by atoms with Gasteiger partial charge in [0, 0.05) is 72.8 Å². The summed E-state index contributed by atoms with van der Waals surface area (Å²) in [5.41, 5.74) is 3.80. The second kappa shape index (κ2) is 14.8. The maximum atomic E-state index is 15.5. The number of rotatable bonds is 13. The van der Waals surface area contributed by atoms with Crippen molar-refractivity contribution in [2.75, 3.05) is 19.0 Å². The number of carboxylic acid groups (broad SMARTS) is 1. The highest BCUT2D eigenvalue weighted by Crippen LogP contribution is 2.41. The molecule has 1 saturated heterocycles. The molecule has 250 valence electrons. The van der Waals surface area contributed by atoms with Crippen molar-refractivity contribution in [1.29, 1.82) is 0 Å². The van der Waals surface area contributed by atoms with Crippen LogP contribution in [0.25, 0.3) is 22.5 Å². The van der Waals surface area contributed by atoms with Crippen LogP contribution in [0, 0.1) is 11.7 Å². The maximum absolute atomic E-state index is 15.5. The number of carbonyl (C=O) groups is 2. The molecule has 2 fully saturated rings. The van der Waals surface area contributed by atoms with Gasteiger partial charge in [-0.3, -0.25) is 14.6 Å². The molecular weight excluding hydrogens is 660 g/mol. The first-order valence-corrected chi connectivity index (χ1v) is 16.3. The van der Waals surface area contributed by atoms with Crippen LogP contribution in [0.4, 0.5) is 15.9 Å². The van der Waals surface area contributed by atoms with Gasteiger partial charge in [0.2, 0.25) is 11.8 Å². The minimum absolute atomic E-state index is 0.00273. The topological polar surface area (TPSA) is 150 Å². The third kappa shape index (κ3) is 7.36. The number of nitrogens with one attached hydrogen (secondary N) is 4. The van der Waals surface area contributed by atoms with Crippen molar-refractivity contribution in [2.45, 2.75) is 50.9 Å². The summed E-state index contributed by atoms with van der Waals surface area (Å²) in [5, 5.41) is 22.2. The van der Waals surface area contributed by atoms with E-state index >= 15 is 4.39 Å². The van der Waals surface area contributed by atoms with E-state index in [-0.39, 0.29) is 41.3 Å². The van der Waals surface area contributed by atoms with Crippen LogP contribution in [-0.4, -0.2) is 57.7 Å². The van der Waals surface area contributed by atoms with Crippen molar-refractivity contribution in [3.63, 3.8) is 0 Å². The third-order valence-corrected chi connectivity index (χ3v) is 9.42. The molecule has 1 aromatic carbocycles. The summed E-state index contributed by atoms with van der Waals surface area (Å²) in [6, 6.07) is 12.5. The number of aromatic nitrogens is 3. The van der Waals surface area contributed by atoms with Gasteiger partial charge in [-0.1, -0.05) is 41.4 Å². The Bertz CT molecular complexity index is 1840. The molecule has 11 nitrogen and oxygen atoms in total. The minimum atomic E-state index is -0.805. The van der Waals surface area contributed by atoms with Crippen LogP contribution in [0.2, 0.25) is 10.0 Å². The summed E-state index contributed by atoms with van der Waals surface area (Å²) in [6.45, 7) is 1.39. The highest BCUT2D eigenvalue weighted by Gasteiger charge is 2.34. The SMILES string of the molecule is COc1nc(-c2ccnc(-c3cccc(Nc4nccc(CNC5CC(C(=O)O)C5)c4F)c3Cl)c2Cl)ccc1CNC[C@@H]1CCC(=O)N1. The second-order valence-corrected chi connectivity index (χ2v) is 12.6. The Balaban J connectivity index is 1.17. The number of carbonyl (C=O) groups excluding carboxylic acids is 1. The zero-order chi connectivity index (χ0) is 33.8. The Hall–Kier alpha value is -4.36. The van der Waals surface area contributed by atoms with Gasteiger partial charge in [0.05, 0.1) is 40.1 Å². The molecule has 1 atom stereocenters. The molecule has 5 N–H and O–H groups in total. The number of nitrogens with zero attached hydrogens (tertiary/aromatic N) is 3. The van der Waals surface area contributed by atoms with Crippen molar-refractivity contribution in [3.05, 3.63) is 81.8 Å². The first-order valence-electron chi connectivity index (χ1n) is 15.6. The number of halogens is 3. The summed E-state index contributed by atoms with van der Waals surface area (Å²) in [4.78, 5) is 36.0. The van der Waals surface area contributed by atoms with Crippen LogP contribution in [0.5, 0.6) is 5.88 Å². The van der Waals surface area contributed by atoms with E-state index in [4.69, 9.17) is 38.0 Å². The van der Waals surface area contributed by atoms with Gasteiger partial charge in [-0.2, -0.15) is 0 Å². The van der Waals surface area contributed by atoms with Gasteiger partial charge in [-0.15, -0.1) is 0 Å². The van der Waals surface area contributed by atoms with Crippen LogP contribution in [-0.2, 0) is 22.7 Å². The van der Waals surface area contributed by atoms with E-state index in [9.17, 15) is 9.59 Å². The highest BCUT2D eigenvalue weighted by molar-refractivity contribution is 6.39. The molecule has 0 unspecified atom stereocenters. The molecule has 4 heterocycles. The molecule has 0 radical (unpaired) electrons. The molecule has 1 saturated carbocycles. The highest BCUT2D eigenvalue weighted by atomic mass is 35.5. The zero-order valence-corrected chi connectivity index (χ0v) is 27.5. The minimum Gasteiger partial charge on any atom is -0.481 e. The number of hydrogen-bond donors (Lipinski definition) is 5. The van der Waals surface area contributed by atoms with E-state index in [0.29, 0.717) is 77.0 Å². The largest absolute Gasteiger partial charge is 0.481 e. The molecule has 4 aromatic rings. The predicted molar refractivity (Wildman–Crippen MR) is 181 cm³/mol. The number of carboxylic acids is 1. The quantitative estimate of drug-likeness (QED) is 0.118. The van der Waals surface area contributed by atoms with Crippen molar-refractivity contribution in [3.8, 4) is 28.4 Å². The summed E-state index contributed by atoms with van der Waals surface area (Å²) in [6.07, 6.45) is 5.51. The van der Waals surface area contributed by atoms with E-state index in [1.807, 2.05) is 12.1 Å². The molecule has 1 aliphatic carbocycles. The first kappa shape index (κ1) is 33.5. The van der Waals surface area contributed by atoms with Crippen molar-refractivity contribution < 1.29 is 23.8 Å². The van der Waals surface area contributed by atoms with Crippen LogP contribution < -0.4 is 26.0 Å². The zero-order valence-electron chi connectivity index (χ0n) is 26.0. The fourth-order valence-electron chi connectivity index (χ4n) is 5.86. The summed E-state index contributed by atoms with van der Waals surface area (Å²) < 4.78 is 21.1. The van der Waals surface area contributed by atoms with Gasteiger partial charge < -0.3 is 31.1 Å². The lowest BCUT2D eigenvalue weighted by Crippen LogP contribution is -2.43. The Morgan fingerprint density at radius 2 is 1.85 bits per heavy atom. The number of hydrogen-bond acceptors (Lipinski definition) is 9. The summed E-state index contributed by atoms with van der Waals surface area (Å²) >= 11 is 13.8. The molecule has 2 aliphatic rings. The number of amides is 1. The molecule has 1 amide bonds. The Morgan fingerprint density at radius 1 is 1.04 bits per heavy atom. The number of aliphatic carboxylic acids is 1. The van der Waals surface area contributed by atoms with E-state index in [1.54, 1.807) is 43.6 Å². The number of ether oxygens (including phenoxy) is 1. The van der Waals surface area contributed by atoms with Gasteiger partial charge in [0.15, 0.2) is 11.6 Å². The van der Waals surface area contributed by atoms with Crippen molar-refractivity contribution in [1.82, 2.24) is 30.9 Å². The summed E-state index contributed by atoms with van der Waals surface area (Å²) in [7, 11) is 1.55. The standard InChI is InChI=1S/C34H34Cl2FN7O4/c1-48-33-19(15-38-17-21-6-8-27(45)42-21)5-7-25(44-33)23-10-12-39-31(29(23)36)24-3-2-4-26(28(24)35)43-32-30(37)18(9-11-40-32)16-41-22-13-20(14-22)34(46)47/h2-5,7,9-12,20-22,38,41H,6,8,13-17H2,1H3,(H,40,43)(H,42,45)(H,46,47)/t20?,21-,22?/m0/s1. The lowest BCUT2D eigenvalue weighted by atomic mass is 9.80. The molecule has 1 aliphatic heterocycles. The molecule has 6 rings (SSSR count). The van der Waals surface area contributed by atoms with E-state index in [0.717, 1.165) is 12.0 Å². The number of methoxy groups -OCH3 is 1. The van der Waals surface area contributed by atoms with Gasteiger partial charge in [-0.05, 0) is 43.5 Å². The Kier molecular flexibility index (Phi) is 10.4. The number of benzene rings is 1. The fourth-order valence-corrected chi connectivity index (χ4v) is 6.43. The normalized spacial score (nSPS) is 18.7. The van der Waals surface area contributed by atoms with Gasteiger partial charge in [0.1, 0.15) is 0 Å². The van der Waals surface area contributed by atoms with Gasteiger partial charge >= 0.3 is 5.97 Å². The Morgan fingerprint density at radius 3 is 2.60 bits per heavy atom. The first-order chi connectivity index (χ1) is 23.2. The average Bonchev–Trinajstić information content (AvgIpc) is 3.47. The molecule has 14 heteroatoms. The van der Waals surface area contributed by atoms with Crippen LogP contribution >= 0.6 is 23.2 Å². The monoisotopic (exact) mass is 693 g/mol. The van der Waals surface area contributed by atoms with Crippen LogP contribution in [0.15, 0.2) is 54.9 Å². The van der Waals surface area contributed by atoms with E-state index < -0.39 is 11.8 Å². The second-order valence-electron chi connectivity index (χ2n) is 11.8. The molecule has 0 spiro atoms. The molecule has 3 aromatic heterocycles. The average molecular weight is 695 g/mol. The fraction of sp³-hybridized carbons (Fsp3) is 0.324. The molecular formula is C34H34Cl2FN7O4. The predicted octanol–water partition coefficient (Wildman–Crippen LogP) is 5.72. The lowest BCUT2D eigenvalue weighted by Gasteiger charge is -2.33. The van der Waals surface area contributed by atoms with Gasteiger partial charge in [-0.25, -0.2) is 14.4 Å². The summed E-state index contributed by atoms with van der Waals surface area (Å²) in [5.74, 6) is -1.18.